The van der Waals surface area contributed by atoms with Crippen LogP contribution in [0.25, 0.3) is 0 Å². The number of carbonyl (C=O) groups excluding carboxylic acids is 3. The molecular weight excluding hydrogens is 539 g/mol. The van der Waals surface area contributed by atoms with Crippen LogP contribution in [0.1, 0.15) is 43.4 Å². The van der Waals surface area contributed by atoms with Crippen molar-refractivity contribution in [2.75, 3.05) is 26.1 Å². The van der Waals surface area contributed by atoms with Gasteiger partial charge in [0, 0.05) is 29.0 Å². The van der Waals surface area contributed by atoms with Crippen LogP contribution in [0.5, 0.6) is 11.5 Å². The van der Waals surface area contributed by atoms with Crippen LogP contribution in [-0.4, -0.2) is 43.6 Å². The van der Waals surface area contributed by atoms with Gasteiger partial charge in [-0.15, -0.1) is 0 Å². The Kier molecular flexibility index (Phi) is 8.54. The van der Waals surface area contributed by atoms with E-state index in [1.165, 1.54) is 7.11 Å². The minimum absolute atomic E-state index is 0.0689. The zero-order valence-electron chi connectivity index (χ0n) is 18.9. The van der Waals surface area contributed by atoms with Gasteiger partial charge in [-0.2, -0.15) is 0 Å². The quantitative estimate of drug-likeness (QED) is 0.355. The average molecular weight is 566 g/mol. The number of hydrogen-bond acceptors (Lipinski definition) is 6. The van der Waals surface area contributed by atoms with E-state index in [1.54, 1.807) is 18.9 Å². The summed E-state index contributed by atoms with van der Waals surface area (Å²) in [6, 6.07) is 11.0. The number of benzene rings is 2. The fourth-order valence-corrected chi connectivity index (χ4v) is 4.23. The van der Waals surface area contributed by atoms with Crippen molar-refractivity contribution in [1.82, 2.24) is 4.90 Å². The number of hydrogen-bond donors (Lipinski definition) is 1. The fourth-order valence-electron chi connectivity index (χ4n) is 3.66. The molecule has 1 aliphatic heterocycles. The average Bonchev–Trinajstić information content (AvgIpc) is 3.13. The molecule has 2 amide bonds. The van der Waals surface area contributed by atoms with E-state index in [-0.39, 0.29) is 24.5 Å². The van der Waals surface area contributed by atoms with E-state index in [9.17, 15) is 14.4 Å². The normalized spacial score (nSPS) is 15.3. The molecule has 8 nitrogen and oxygen atoms in total. The number of rotatable bonds is 8. The number of halogens is 1. The summed E-state index contributed by atoms with van der Waals surface area (Å²) in [6.07, 6.45) is 1.49. The van der Waals surface area contributed by atoms with Gasteiger partial charge in [0.1, 0.15) is 11.5 Å². The molecule has 2 aromatic rings. The Morgan fingerprint density at radius 2 is 1.94 bits per heavy atom. The predicted octanol–water partition coefficient (Wildman–Crippen LogP) is 5.05. The Morgan fingerprint density at radius 1 is 1.21 bits per heavy atom. The molecule has 0 aromatic heterocycles. The molecule has 1 atom stereocenters. The molecule has 3 rings (SSSR count). The SMILES string of the molecule is CCOC(=O)Nc1cc(C2CCC(=O)N2C)c(Oc2ccc(CCC(=O)OC)cc2)cc1I. The summed E-state index contributed by atoms with van der Waals surface area (Å²) in [5.74, 6) is 1.07. The molecule has 1 fully saturated rings. The zero-order valence-corrected chi connectivity index (χ0v) is 21.0. The maximum atomic E-state index is 12.2. The minimum atomic E-state index is -0.534. The number of esters is 1. The molecule has 176 valence electrons. The lowest BCUT2D eigenvalue weighted by molar-refractivity contribution is -0.140. The Morgan fingerprint density at radius 3 is 2.55 bits per heavy atom. The second-order valence-corrected chi connectivity index (χ2v) is 8.76. The molecule has 0 radical (unpaired) electrons. The number of nitrogens with one attached hydrogen (secondary N) is 1. The molecule has 2 aromatic carbocycles. The summed E-state index contributed by atoms with van der Waals surface area (Å²) in [4.78, 5) is 37.2. The van der Waals surface area contributed by atoms with Crippen molar-refractivity contribution in [3.8, 4) is 11.5 Å². The minimum Gasteiger partial charge on any atom is -0.469 e. The summed E-state index contributed by atoms with van der Waals surface area (Å²) in [5.41, 5.74) is 2.41. The number of ether oxygens (including phenoxy) is 3. The highest BCUT2D eigenvalue weighted by Crippen LogP contribution is 2.41. The highest BCUT2D eigenvalue weighted by Gasteiger charge is 2.32. The predicted molar refractivity (Wildman–Crippen MR) is 131 cm³/mol. The van der Waals surface area contributed by atoms with Gasteiger partial charge in [-0.05, 0) is 72.2 Å². The van der Waals surface area contributed by atoms with E-state index in [4.69, 9.17) is 9.47 Å². The number of carbonyl (C=O) groups is 3. The van der Waals surface area contributed by atoms with Crippen LogP contribution in [0.2, 0.25) is 0 Å². The smallest absolute Gasteiger partial charge is 0.411 e. The molecule has 1 aliphatic rings. The summed E-state index contributed by atoms with van der Waals surface area (Å²) in [5, 5.41) is 2.76. The van der Waals surface area contributed by atoms with Gasteiger partial charge in [-0.25, -0.2) is 4.79 Å². The van der Waals surface area contributed by atoms with Gasteiger partial charge in [0.15, 0.2) is 0 Å². The lowest BCUT2D eigenvalue weighted by Crippen LogP contribution is -2.23. The first-order chi connectivity index (χ1) is 15.8. The molecule has 1 saturated heterocycles. The van der Waals surface area contributed by atoms with E-state index in [0.29, 0.717) is 42.9 Å². The largest absolute Gasteiger partial charge is 0.469 e. The van der Waals surface area contributed by atoms with Crippen molar-refractivity contribution in [2.24, 2.45) is 0 Å². The summed E-state index contributed by atoms with van der Waals surface area (Å²) < 4.78 is 16.7. The van der Waals surface area contributed by atoms with Crippen LogP contribution in [0.15, 0.2) is 36.4 Å². The number of likely N-dealkylation sites (tertiary alicyclic amines) is 1. The van der Waals surface area contributed by atoms with E-state index in [0.717, 1.165) is 14.7 Å². The van der Waals surface area contributed by atoms with Crippen molar-refractivity contribution in [3.05, 3.63) is 51.1 Å². The van der Waals surface area contributed by atoms with E-state index < -0.39 is 6.09 Å². The lowest BCUT2D eigenvalue weighted by Gasteiger charge is -2.24. The highest BCUT2D eigenvalue weighted by molar-refractivity contribution is 14.1. The number of nitrogens with zero attached hydrogens (tertiary/aromatic N) is 1. The van der Waals surface area contributed by atoms with Crippen LogP contribution in [0.3, 0.4) is 0 Å². The third kappa shape index (κ3) is 6.37. The molecule has 9 heteroatoms. The first kappa shape index (κ1) is 24.8. The van der Waals surface area contributed by atoms with Gasteiger partial charge >= 0.3 is 12.1 Å². The molecule has 0 aliphatic carbocycles. The van der Waals surface area contributed by atoms with E-state index >= 15 is 0 Å². The maximum absolute atomic E-state index is 12.2. The highest BCUT2D eigenvalue weighted by atomic mass is 127. The topological polar surface area (TPSA) is 94.2 Å². The van der Waals surface area contributed by atoms with Crippen molar-refractivity contribution in [3.63, 3.8) is 0 Å². The number of aryl methyl sites for hydroxylation is 1. The van der Waals surface area contributed by atoms with Crippen molar-refractivity contribution < 1.29 is 28.6 Å². The summed E-state index contributed by atoms with van der Waals surface area (Å²) in [6.45, 7) is 2.01. The molecule has 1 heterocycles. The Balaban J connectivity index is 1.87. The van der Waals surface area contributed by atoms with Gasteiger partial charge in [0.05, 0.1) is 25.4 Å². The summed E-state index contributed by atoms with van der Waals surface area (Å²) >= 11 is 2.13. The van der Waals surface area contributed by atoms with Gasteiger partial charge in [-0.1, -0.05) is 12.1 Å². The van der Waals surface area contributed by atoms with Gasteiger partial charge < -0.3 is 19.1 Å². The second-order valence-electron chi connectivity index (χ2n) is 7.60. The van der Waals surface area contributed by atoms with Gasteiger partial charge in [-0.3, -0.25) is 14.9 Å². The molecule has 0 spiro atoms. The molecule has 1 N–H and O–H groups in total. The van der Waals surface area contributed by atoms with Crippen LogP contribution in [0, 0.1) is 3.57 Å². The molecular formula is C24H27IN2O6. The van der Waals surface area contributed by atoms with Crippen molar-refractivity contribution in [2.45, 2.75) is 38.6 Å². The molecule has 0 saturated carbocycles. The first-order valence-electron chi connectivity index (χ1n) is 10.7. The van der Waals surface area contributed by atoms with Crippen LogP contribution in [-0.2, 0) is 25.5 Å². The van der Waals surface area contributed by atoms with E-state index in [2.05, 4.69) is 32.6 Å². The van der Waals surface area contributed by atoms with E-state index in [1.807, 2.05) is 36.4 Å². The number of methoxy groups -OCH3 is 1. The Labute approximate surface area is 206 Å². The second kappa shape index (κ2) is 11.4. The van der Waals surface area contributed by atoms with Crippen LogP contribution < -0.4 is 10.1 Å². The lowest BCUT2D eigenvalue weighted by atomic mass is 10.0. The van der Waals surface area contributed by atoms with Gasteiger partial charge in [0.2, 0.25) is 5.91 Å². The monoisotopic (exact) mass is 566 g/mol. The molecule has 33 heavy (non-hydrogen) atoms. The maximum Gasteiger partial charge on any atom is 0.411 e. The van der Waals surface area contributed by atoms with Crippen molar-refractivity contribution >= 4 is 46.2 Å². The molecule has 1 unspecified atom stereocenters. The zero-order chi connectivity index (χ0) is 24.0. The van der Waals surface area contributed by atoms with Gasteiger partial charge in [0.25, 0.3) is 0 Å². The molecule has 0 bridgehead atoms. The number of amides is 2. The fraction of sp³-hybridized carbons (Fsp3) is 0.375. The Bertz CT molecular complexity index is 1020. The third-order valence-corrected chi connectivity index (χ3v) is 6.35. The number of anilines is 1. The first-order valence-corrected chi connectivity index (χ1v) is 11.8. The Hall–Kier alpha value is -2.82. The van der Waals surface area contributed by atoms with Crippen LogP contribution in [0.4, 0.5) is 10.5 Å². The third-order valence-electron chi connectivity index (χ3n) is 5.46. The van der Waals surface area contributed by atoms with Crippen LogP contribution >= 0.6 is 22.6 Å². The summed E-state index contributed by atoms with van der Waals surface area (Å²) in [7, 11) is 3.15. The van der Waals surface area contributed by atoms with Crippen molar-refractivity contribution in [1.29, 1.82) is 0 Å². The standard InChI is InChI=1S/C24H27IN2O6/c1-4-32-24(30)26-19-13-17(20-10-11-22(28)27(20)2)21(14-18(19)25)33-16-8-5-15(6-9-16)7-12-23(29)31-3/h5-6,8-9,13-14,20H,4,7,10-12H2,1-3H3,(H,26,30).